The molecule has 0 unspecified atom stereocenters. The molecular formula is C17H23N7O2. The van der Waals surface area contributed by atoms with Crippen molar-refractivity contribution in [3.63, 3.8) is 0 Å². The Morgan fingerprint density at radius 1 is 1.12 bits per heavy atom. The van der Waals surface area contributed by atoms with Crippen molar-refractivity contribution in [2.45, 2.75) is 6.42 Å². The number of rotatable bonds is 7. The molecule has 0 atom stereocenters. The number of piperazine rings is 1. The second kappa shape index (κ2) is 9.04. The van der Waals surface area contributed by atoms with E-state index < -0.39 is 0 Å². The van der Waals surface area contributed by atoms with Crippen LogP contribution in [0.4, 0.5) is 11.8 Å². The van der Waals surface area contributed by atoms with Gasteiger partial charge in [-0.15, -0.1) is 0 Å². The summed E-state index contributed by atoms with van der Waals surface area (Å²) in [7, 11) is 1.67. The summed E-state index contributed by atoms with van der Waals surface area (Å²) in [5.74, 6) is 1.25. The highest BCUT2D eigenvalue weighted by Gasteiger charge is 2.24. The second-order valence-corrected chi connectivity index (χ2v) is 5.89. The minimum absolute atomic E-state index is 0.0999. The summed E-state index contributed by atoms with van der Waals surface area (Å²) in [6.07, 6.45) is 7.44. The molecule has 1 saturated heterocycles. The van der Waals surface area contributed by atoms with Gasteiger partial charge >= 0.3 is 0 Å². The van der Waals surface area contributed by atoms with Crippen LogP contribution >= 0.6 is 0 Å². The van der Waals surface area contributed by atoms with Crippen LogP contribution in [0.15, 0.2) is 30.9 Å². The van der Waals surface area contributed by atoms with Gasteiger partial charge in [0.1, 0.15) is 11.5 Å². The summed E-state index contributed by atoms with van der Waals surface area (Å²) < 4.78 is 5.00. The number of methoxy groups -OCH3 is 1. The zero-order valence-electron chi connectivity index (χ0n) is 14.8. The van der Waals surface area contributed by atoms with Gasteiger partial charge in [-0.25, -0.2) is 19.9 Å². The predicted molar refractivity (Wildman–Crippen MR) is 97.2 cm³/mol. The summed E-state index contributed by atoms with van der Waals surface area (Å²) in [6, 6.07) is 1.79. The average molecular weight is 357 g/mol. The molecule has 0 radical (unpaired) electrons. The van der Waals surface area contributed by atoms with Crippen molar-refractivity contribution in [1.82, 2.24) is 24.8 Å². The van der Waals surface area contributed by atoms with Crippen LogP contribution in [0.5, 0.6) is 0 Å². The van der Waals surface area contributed by atoms with Gasteiger partial charge in [-0.2, -0.15) is 0 Å². The number of nitrogens with zero attached hydrogens (tertiary/aromatic N) is 6. The smallest absolute Gasteiger partial charge is 0.274 e. The lowest BCUT2D eigenvalue weighted by Gasteiger charge is -2.34. The second-order valence-electron chi connectivity index (χ2n) is 5.89. The number of anilines is 2. The van der Waals surface area contributed by atoms with Crippen LogP contribution in [0.1, 0.15) is 16.9 Å². The van der Waals surface area contributed by atoms with Gasteiger partial charge in [0.15, 0.2) is 0 Å². The normalized spacial score (nSPS) is 14.3. The SMILES string of the molecule is COCCCNc1cnc(C(=O)N2CCN(c3ncccn3)CC2)cn1. The number of carbonyl (C=O) groups excluding carboxylic acids is 1. The van der Waals surface area contributed by atoms with Crippen molar-refractivity contribution in [2.24, 2.45) is 0 Å². The van der Waals surface area contributed by atoms with E-state index in [0.29, 0.717) is 50.2 Å². The van der Waals surface area contributed by atoms with Gasteiger partial charge in [-0.05, 0) is 12.5 Å². The molecule has 3 rings (SSSR count). The Hall–Kier alpha value is -2.81. The Balaban J connectivity index is 1.50. The highest BCUT2D eigenvalue weighted by atomic mass is 16.5. The van der Waals surface area contributed by atoms with Crippen LogP contribution in [0.2, 0.25) is 0 Å². The average Bonchev–Trinajstić information content (AvgIpc) is 2.72. The molecule has 2 aromatic heterocycles. The van der Waals surface area contributed by atoms with Gasteiger partial charge in [-0.3, -0.25) is 4.79 Å². The van der Waals surface area contributed by atoms with Gasteiger partial charge in [-0.1, -0.05) is 0 Å². The maximum atomic E-state index is 12.6. The third kappa shape index (κ3) is 4.63. The van der Waals surface area contributed by atoms with Crippen molar-refractivity contribution in [3.8, 4) is 0 Å². The zero-order valence-corrected chi connectivity index (χ0v) is 14.8. The van der Waals surface area contributed by atoms with E-state index in [9.17, 15) is 4.79 Å². The molecule has 0 aromatic carbocycles. The number of amides is 1. The van der Waals surface area contributed by atoms with E-state index in [1.807, 2.05) is 0 Å². The molecule has 1 fully saturated rings. The number of ether oxygens (including phenoxy) is 1. The molecule has 1 aliphatic heterocycles. The lowest BCUT2D eigenvalue weighted by atomic mass is 10.3. The van der Waals surface area contributed by atoms with Crippen molar-refractivity contribution >= 4 is 17.7 Å². The highest BCUT2D eigenvalue weighted by molar-refractivity contribution is 5.92. The topological polar surface area (TPSA) is 96.4 Å². The minimum atomic E-state index is -0.0999. The Kier molecular flexibility index (Phi) is 6.26. The zero-order chi connectivity index (χ0) is 18.2. The van der Waals surface area contributed by atoms with Gasteiger partial charge in [0.05, 0.1) is 12.4 Å². The molecule has 2 aromatic rings. The first-order valence-corrected chi connectivity index (χ1v) is 8.64. The Morgan fingerprint density at radius 2 is 1.88 bits per heavy atom. The quantitative estimate of drug-likeness (QED) is 0.723. The Morgan fingerprint density at radius 3 is 2.54 bits per heavy atom. The molecule has 1 aliphatic rings. The molecule has 1 amide bonds. The molecule has 9 nitrogen and oxygen atoms in total. The number of aromatic nitrogens is 4. The Labute approximate surface area is 152 Å². The van der Waals surface area contributed by atoms with E-state index in [1.54, 1.807) is 36.7 Å². The van der Waals surface area contributed by atoms with Crippen LogP contribution in [0.3, 0.4) is 0 Å². The molecule has 138 valence electrons. The fourth-order valence-corrected chi connectivity index (χ4v) is 2.69. The number of hydrogen-bond acceptors (Lipinski definition) is 8. The fourth-order valence-electron chi connectivity index (χ4n) is 2.69. The molecule has 0 saturated carbocycles. The predicted octanol–water partition coefficient (Wildman–Crippen LogP) is 0.677. The summed E-state index contributed by atoms with van der Waals surface area (Å²) in [6.45, 7) is 4.05. The Bertz CT molecular complexity index is 688. The van der Waals surface area contributed by atoms with E-state index in [-0.39, 0.29) is 5.91 Å². The van der Waals surface area contributed by atoms with Crippen LogP contribution < -0.4 is 10.2 Å². The maximum Gasteiger partial charge on any atom is 0.274 e. The van der Waals surface area contributed by atoms with E-state index in [0.717, 1.165) is 13.0 Å². The van der Waals surface area contributed by atoms with E-state index >= 15 is 0 Å². The first-order valence-electron chi connectivity index (χ1n) is 8.64. The van der Waals surface area contributed by atoms with Crippen LogP contribution in [0.25, 0.3) is 0 Å². The molecule has 0 spiro atoms. The highest BCUT2D eigenvalue weighted by Crippen LogP contribution is 2.12. The molecule has 0 aliphatic carbocycles. The lowest BCUT2D eigenvalue weighted by molar-refractivity contribution is 0.0740. The summed E-state index contributed by atoms with van der Waals surface area (Å²) in [4.78, 5) is 33.5. The first kappa shape index (κ1) is 18.0. The molecule has 1 N–H and O–H groups in total. The number of hydrogen-bond donors (Lipinski definition) is 1. The van der Waals surface area contributed by atoms with Gasteiger partial charge in [0.25, 0.3) is 5.91 Å². The standard InChI is InChI=1S/C17H23N7O2/c1-26-11-3-6-18-15-13-21-14(12-22-15)16(25)23-7-9-24(10-8-23)17-19-4-2-5-20-17/h2,4-5,12-13H,3,6-11H2,1H3,(H,18,22). The van der Waals surface area contributed by atoms with Crippen LogP contribution in [-0.2, 0) is 4.74 Å². The fraction of sp³-hybridized carbons (Fsp3) is 0.471. The van der Waals surface area contributed by atoms with E-state index in [1.165, 1.54) is 6.20 Å². The van der Waals surface area contributed by atoms with Crippen molar-refractivity contribution in [2.75, 3.05) is 56.7 Å². The lowest BCUT2D eigenvalue weighted by Crippen LogP contribution is -2.49. The molecular weight excluding hydrogens is 334 g/mol. The van der Waals surface area contributed by atoms with Gasteiger partial charge in [0.2, 0.25) is 5.95 Å². The van der Waals surface area contributed by atoms with E-state index in [2.05, 4.69) is 30.2 Å². The third-order valence-electron chi connectivity index (χ3n) is 4.10. The van der Waals surface area contributed by atoms with Gasteiger partial charge in [0, 0.05) is 58.8 Å². The van der Waals surface area contributed by atoms with Crippen LogP contribution in [-0.4, -0.2) is 77.2 Å². The van der Waals surface area contributed by atoms with Crippen molar-refractivity contribution in [1.29, 1.82) is 0 Å². The van der Waals surface area contributed by atoms with E-state index in [4.69, 9.17) is 4.74 Å². The maximum absolute atomic E-state index is 12.6. The first-order chi connectivity index (χ1) is 12.8. The largest absolute Gasteiger partial charge is 0.385 e. The third-order valence-corrected chi connectivity index (χ3v) is 4.10. The molecule has 9 heteroatoms. The molecule has 3 heterocycles. The minimum Gasteiger partial charge on any atom is -0.385 e. The monoisotopic (exact) mass is 357 g/mol. The summed E-state index contributed by atoms with van der Waals surface area (Å²) in [5.41, 5.74) is 0.358. The number of carbonyl (C=O) groups is 1. The van der Waals surface area contributed by atoms with Crippen LogP contribution in [0, 0.1) is 0 Å². The number of nitrogens with one attached hydrogen (secondary N) is 1. The summed E-state index contributed by atoms with van der Waals surface area (Å²) in [5, 5.41) is 3.15. The summed E-state index contributed by atoms with van der Waals surface area (Å²) >= 11 is 0. The molecule has 26 heavy (non-hydrogen) atoms. The molecule has 0 bridgehead atoms. The van der Waals surface area contributed by atoms with Crippen molar-refractivity contribution < 1.29 is 9.53 Å². The van der Waals surface area contributed by atoms with Crippen molar-refractivity contribution in [3.05, 3.63) is 36.5 Å². The van der Waals surface area contributed by atoms with Gasteiger partial charge < -0.3 is 19.9 Å².